The van der Waals surface area contributed by atoms with Gasteiger partial charge in [0.25, 0.3) is 5.91 Å². The molecule has 0 aliphatic carbocycles. The number of esters is 1. The molecule has 0 saturated carbocycles. The van der Waals surface area contributed by atoms with Gasteiger partial charge in [-0.15, -0.1) is 12.4 Å². The Balaban J connectivity index is 0.00000312. The van der Waals surface area contributed by atoms with E-state index in [1.54, 1.807) is 24.5 Å². The summed E-state index contributed by atoms with van der Waals surface area (Å²) in [6, 6.07) is 10.8. The predicted octanol–water partition coefficient (Wildman–Crippen LogP) is 2.42. The van der Waals surface area contributed by atoms with Gasteiger partial charge in [-0.1, -0.05) is 19.1 Å². The third-order valence-corrected chi connectivity index (χ3v) is 3.28. The van der Waals surface area contributed by atoms with Gasteiger partial charge in [0.2, 0.25) is 0 Å². The highest BCUT2D eigenvalue weighted by Gasteiger charge is 2.06. The number of hydrogen-bond acceptors (Lipinski definition) is 5. The summed E-state index contributed by atoms with van der Waals surface area (Å²) in [5.41, 5.74) is 1.71. The molecule has 1 amide bonds. The average molecular weight is 365 g/mol. The molecule has 0 atom stereocenters. The maximum absolute atomic E-state index is 11.7. The fraction of sp³-hybridized carbons (Fsp3) is 0.278. The van der Waals surface area contributed by atoms with Crippen LogP contribution >= 0.6 is 12.4 Å². The number of rotatable bonds is 8. The van der Waals surface area contributed by atoms with Gasteiger partial charge in [0.15, 0.2) is 6.61 Å². The van der Waals surface area contributed by atoms with E-state index in [0.29, 0.717) is 11.3 Å². The van der Waals surface area contributed by atoms with E-state index in [2.05, 4.69) is 17.2 Å². The van der Waals surface area contributed by atoms with Gasteiger partial charge in [0, 0.05) is 18.0 Å². The minimum absolute atomic E-state index is 0. The number of nitrogens with one attached hydrogen (secondary N) is 1. The fourth-order valence-electron chi connectivity index (χ4n) is 1.94. The molecule has 1 heterocycles. The zero-order valence-electron chi connectivity index (χ0n) is 13.9. The zero-order chi connectivity index (χ0) is 17.2. The lowest BCUT2D eigenvalue weighted by Crippen LogP contribution is -2.28. The van der Waals surface area contributed by atoms with E-state index in [4.69, 9.17) is 9.47 Å². The van der Waals surface area contributed by atoms with Crippen LogP contribution in [0.5, 0.6) is 5.75 Å². The Morgan fingerprint density at radius 3 is 2.40 bits per heavy atom. The fourth-order valence-corrected chi connectivity index (χ4v) is 1.94. The Morgan fingerprint density at radius 1 is 1.08 bits per heavy atom. The summed E-state index contributed by atoms with van der Waals surface area (Å²) in [7, 11) is 0. The largest absolute Gasteiger partial charge is 0.482 e. The molecule has 1 N–H and O–H groups in total. The van der Waals surface area contributed by atoms with Crippen molar-refractivity contribution in [3.8, 4) is 5.75 Å². The van der Waals surface area contributed by atoms with Crippen molar-refractivity contribution in [2.24, 2.45) is 0 Å². The average Bonchev–Trinajstić information content (AvgIpc) is 2.64. The molecule has 2 aromatic rings. The molecule has 0 spiro atoms. The summed E-state index contributed by atoms with van der Waals surface area (Å²) in [4.78, 5) is 27.2. The van der Waals surface area contributed by atoms with Gasteiger partial charge in [-0.3, -0.25) is 9.78 Å². The monoisotopic (exact) mass is 364 g/mol. The second kappa shape index (κ2) is 11.0. The molecule has 1 aromatic heterocycles. The van der Waals surface area contributed by atoms with Crippen LogP contribution in [0.25, 0.3) is 0 Å². The first-order valence-electron chi connectivity index (χ1n) is 7.74. The molecule has 2 rings (SSSR count). The summed E-state index contributed by atoms with van der Waals surface area (Å²) in [6.45, 7) is 2.23. The standard InChI is InChI=1S/C18H20N2O4.ClH/c1-2-14-3-5-16(6-4-14)24-13-17(21)23-12-11-20-18(22)15-7-9-19-10-8-15;/h3-10H,2,11-13H2,1H3,(H,20,22);1H. The van der Waals surface area contributed by atoms with Crippen molar-refractivity contribution in [2.75, 3.05) is 19.8 Å². The molecule has 0 aliphatic rings. The topological polar surface area (TPSA) is 77.5 Å². The number of carbonyl (C=O) groups excluding carboxylic acids is 2. The molecule has 0 aliphatic heterocycles. The van der Waals surface area contributed by atoms with Crippen LogP contribution in [0.1, 0.15) is 22.8 Å². The van der Waals surface area contributed by atoms with E-state index >= 15 is 0 Å². The summed E-state index contributed by atoms with van der Waals surface area (Å²) >= 11 is 0. The number of ether oxygens (including phenoxy) is 2. The number of pyridine rings is 1. The molecule has 7 heteroatoms. The van der Waals surface area contributed by atoms with Crippen LogP contribution in [0.2, 0.25) is 0 Å². The Morgan fingerprint density at radius 2 is 1.76 bits per heavy atom. The molecular formula is C18H21ClN2O4. The summed E-state index contributed by atoms with van der Waals surface area (Å²) in [6.07, 6.45) is 4.03. The van der Waals surface area contributed by atoms with Crippen molar-refractivity contribution < 1.29 is 19.1 Å². The quantitative estimate of drug-likeness (QED) is 0.575. The van der Waals surface area contributed by atoms with Gasteiger partial charge in [0.05, 0.1) is 6.54 Å². The van der Waals surface area contributed by atoms with Crippen LogP contribution in [0.3, 0.4) is 0 Å². The lowest BCUT2D eigenvalue weighted by Gasteiger charge is -2.08. The maximum atomic E-state index is 11.7. The van der Waals surface area contributed by atoms with Crippen molar-refractivity contribution in [1.82, 2.24) is 10.3 Å². The Labute approximate surface area is 153 Å². The van der Waals surface area contributed by atoms with Gasteiger partial charge >= 0.3 is 5.97 Å². The molecule has 0 unspecified atom stereocenters. The first kappa shape index (κ1) is 20.4. The molecule has 1 aromatic carbocycles. The minimum Gasteiger partial charge on any atom is -0.482 e. The van der Waals surface area contributed by atoms with Crippen LogP contribution in [-0.4, -0.2) is 36.6 Å². The third-order valence-electron chi connectivity index (χ3n) is 3.28. The molecule has 0 bridgehead atoms. The minimum atomic E-state index is -0.479. The maximum Gasteiger partial charge on any atom is 0.344 e. The van der Waals surface area contributed by atoms with Crippen molar-refractivity contribution in [2.45, 2.75) is 13.3 Å². The zero-order valence-corrected chi connectivity index (χ0v) is 14.8. The van der Waals surface area contributed by atoms with Crippen LogP contribution in [0.4, 0.5) is 0 Å². The van der Waals surface area contributed by atoms with E-state index < -0.39 is 5.97 Å². The molecule has 134 valence electrons. The van der Waals surface area contributed by atoms with Crippen LogP contribution in [0, 0.1) is 0 Å². The summed E-state index contributed by atoms with van der Waals surface area (Å²) in [5, 5.41) is 2.66. The van der Waals surface area contributed by atoms with Crippen molar-refractivity contribution in [3.63, 3.8) is 0 Å². The first-order valence-corrected chi connectivity index (χ1v) is 7.74. The normalized spacial score (nSPS) is 9.64. The van der Waals surface area contributed by atoms with E-state index in [1.165, 1.54) is 5.56 Å². The van der Waals surface area contributed by atoms with Crippen molar-refractivity contribution in [1.29, 1.82) is 0 Å². The highest BCUT2D eigenvalue weighted by Crippen LogP contribution is 2.12. The number of hydrogen-bond donors (Lipinski definition) is 1. The van der Waals surface area contributed by atoms with Crippen molar-refractivity contribution in [3.05, 3.63) is 59.9 Å². The first-order chi connectivity index (χ1) is 11.7. The Bertz CT molecular complexity index is 663. The van der Waals surface area contributed by atoms with Gasteiger partial charge in [-0.2, -0.15) is 0 Å². The van der Waals surface area contributed by atoms with Crippen LogP contribution < -0.4 is 10.1 Å². The third kappa shape index (κ3) is 7.22. The van der Waals surface area contributed by atoms with Crippen molar-refractivity contribution >= 4 is 24.3 Å². The van der Waals surface area contributed by atoms with Crippen LogP contribution in [0.15, 0.2) is 48.8 Å². The highest BCUT2D eigenvalue weighted by atomic mass is 35.5. The smallest absolute Gasteiger partial charge is 0.344 e. The molecular weight excluding hydrogens is 344 g/mol. The Hall–Kier alpha value is -2.60. The second-order valence-electron chi connectivity index (χ2n) is 5.00. The number of aromatic nitrogens is 1. The van der Waals surface area contributed by atoms with E-state index in [-0.39, 0.29) is 38.1 Å². The van der Waals surface area contributed by atoms with Crippen LogP contribution in [-0.2, 0) is 16.0 Å². The van der Waals surface area contributed by atoms with Gasteiger partial charge < -0.3 is 14.8 Å². The number of carbonyl (C=O) groups is 2. The number of halogens is 1. The van der Waals surface area contributed by atoms with Gasteiger partial charge in [-0.05, 0) is 36.2 Å². The Kier molecular flexibility index (Phi) is 9.03. The number of nitrogens with zero attached hydrogens (tertiary/aromatic N) is 1. The van der Waals surface area contributed by atoms with E-state index in [1.807, 2.05) is 24.3 Å². The van der Waals surface area contributed by atoms with Gasteiger partial charge in [-0.25, -0.2) is 4.79 Å². The van der Waals surface area contributed by atoms with E-state index in [9.17, 15) is 9.59 Å². The summed E-state index contributed by atoms with van der Waals surface area (Å²) < 4.78 is 10.3. The number of benzene rings is 1. The van der Waals surface area contributed by atoms with Gasteiger partial charge in [0.1, 0.15) is 12.4 Å². The SMILES string of the molecule is CCc1ccc(OCC(=O)OCCNC(=O)c2ccncc2)cc1.Cl. The summed E-state index contributed by atoms with van der Waals surface area (Å²) in [5.74, 6) is -0.0939. The number of amides is 1. The van der Waals surface area contributed by atoms with E-state index in [0.717, 1.165) is 6.42 Å². The lowest BCUT2D eigenvalue weighted by atomic mass is 10.2. The second-order valence-corrected chi connectivity index (χ2v) is 5.00. The molecule has 0 fully saturated rings. The molecule has 0 saturated heterocycles. The molecule has 25 heavy (non-hydrogen) atoms. The molecule has 6 nitrogen and oxygen atoms in total. The highest BCUT2D eigenvalue weighted by molar-refractivity contribution is 5.93. The molecule has 0 radical (unpaired) electrons. The predicted molar refractivity (Wildman–Crippen MR) is 96.1 cm³/mol. The lowest BCUT2D eigenvalue weighted by molar-refractivity contribution is -0.145. The number of aryl methyl sites for hydroxylation is 1.